The van der Waals surface area contributed by atoms with Gasteiger partial charge in [0.05, 0.1) is 0 Å². The quantitative estimate of drug-likeness (QED) is 0.887. The zero-order valence-corrected chi connectivity index (χ0v) is 13.9. The number of nitrogens with two attached hydrogens (primary N) is 1. The van der Waals surface area contributed by atoms with Crippen molar-refractivity contribution in [2.75, 3.05) is 11.1 Å². The summed E-state index contributed by atoms with van der Waals surface area (Å²) in [6.45, 7) is 1.82. The molecule has 7 nitrogen and oxygen atoms in total. The molecule has 1 saturated carbocycles. The normalized spacial score (nSPS) is 21.7. The number of amides is 1. The predicted molar refractivity (Wildman–Crippen MR) is 87.1 cm³/mol. The zero-order chi connectivity index (χ0) is 15.5. The van der Waals surface area contributed by atoms with E-state index in [2.05, 4.69) is 25.7 Å². The zero-order valence-electron chi connectivity index (χ0n) is 12.3. The van der Waals surface area contributed by atoms with E-state index in [9.17, 15) is 4.79 Å². The molecule has 0 spiro atoms. The molecule has 0 unspecified atom stereocenters. The maximum absolute atomic E-state index is 11.4. The molecule has 1 amide bonds. The Hall–Kier alpha value is -1.61. The summed E-state index contributed by atoms with van der Waals surface area (Å²) in [5.41, 5.74) is 5.68. The Kier molecular flexibility index (Phi) is 4.63. The Labute approximate surface area is 136 Å². The number of aromatic nitrogens is 4. The number of nitrogens with zero attached hydrogens (tertiary/aromatic N) is 4. The first-order valence-electron chi connectivity index (χ1n) is 7.37. The predicted octanol–water partition coefficient (Wildman–Crippen LogP) is 2.76. The average Bonchev–Trinajstić information content (AvgIpc) is 3.16. The van der Waals surface area contributed by atoms with Crippen LogP contribution < -0.4 is 11.1 Å². The molecule has 2 aromatic rings. The Morgan fingerprint density at radius 2 is 1.86 bits per heavy atom. The van der Waals surface area contributed by atoms with Gasteiger partial charge in [-0.2, -0.15) is 0 Å². The molecule has 0 radical (unpaired) electrons. The van der Waals surface area contributed by atoms with Crippen LogP contribution in [0.2, 0.25) is 0 Å². The maximum Gasteiger partial charge on any atom is 0.225 e. The smallest absolute Gasteiger partial charge is 0.225 e. The van der Waals surface area contributed by atoms with Gasteiger partial charge in [0, 0.05) is 18.3 Å². The topological polar surface area (TPSA) is 107 Å². The summed E-state index contributed by atoms with van der Waals surface area (Å²) < 4.78 is 0. The second kappa shape index (κ2) is 6.66. The van der Waals surface area contributed by atoms with E-state index in [-0.39, 0.29) is 5.91 Å². The molecule has 2 atom stereocenters. The molecule has 0 aliphatic heterocycles. The standard InChI is InChI=1S/C13H18N6OS2/c1-2-9(20)15-13-19-17-11(22-13)8-5-3-4-7(6-8)10-16-18-12(14)21-10/h7-8H,2-6H2,1H3,(H2,14,18)(H,15,19,20)/t7-,8-/m0/s1. The van der Waals surface area contributed by atoms with Crippen LogP contribution in [0, 0.1) is 0 Å². The van der Waals surface area contributed by atoms with Crippen LogP contribution in [0.4, 0.5) is 10.3 Å². The van der Waals surface area contributed by atoms with Gasteiger partial charge >= 0.3 is 0 Å². The minimum atomic E-state index is -0.0337. The van der Waals surface area contributed by atoms with Gasteiger partial charge in [-0.1, -0.05) is 36.0 Å². The van der Waals surface area contributed by atoms with Gasteiger partial charge in [-0.05, 0) is 19.3 Å². The number of carbonyl (C=O) groups excluding carboxylic acids is 1. The molecule has 9 heteroatoms. The molecule has 0 saturated heterocycles. The van der Waals surface area contributed by atoms with Crippen LogP contribution in [-0.2, 0) is 4.79 Å². The van der Waals surface area contributed by atoms with Crippen LogP contribution in [0.5, 0.6) is 0 Å². The van der Waals surface area contributed by atoms with Crippen molar-refractivity contribution in [2.45, 2.75) is 50.9 Å². The SMILES string of the molecule is CCC(=O)Nc1nnc([C@H]2CCC[C@H](c3nnc(N)s3)C2)s1. The van der Waals surface area contributed by atoms with Crippen molar-refractivity contribution in [2.24, 2.45) is 0 Å². The number of hydrogen-bond acceptors (Lipinski definition) is 8. The highest BCUT2D eigenvalue weighted by atomic mass is 32.1. The van der Waals surface area contributed by atoms with Crippen LogP contribution in [0.15, 0.2) is 0 Å². The summed E-state index contributed by atoms with van der Waals surface area (Å²) >= 11 is 2.95. The fourth-order valence-corrected chi connectivity index (χ4v) is 4.37. The fraction of sp³-hybridized carbons (Fsp3) is 0.615. The van der Waals surface area contributed by atoms with Crippen LogP contribution in [-0.4, -0.2) is 26.3 Å². The first-order chi connectivity index (χ1) is 10.7. The van der Waals surface area contributed by atoms with Gasteiger partial charge in [0.15, 0.2) is 0 Å². The number of nitrogens with one attached hydrogen (secondary N) is 1. The maximum atomic E-state index is 11.4. The number of anilines is 2. The highest BCUT2D eigenvalue weighted by molar-refractivity contribution is 7.15. The molecular formula is C13H18N6OS2. The lowest BCUT2D eigenvalue weighted by Gasteiger charge is -2.25. The summed E-state index contributed by atoms with van der Waals surface area (Å²) in [4.78, 5) is 11.4. The molecule has 0 aromatic carbocycles. The van der Waals surface area contributed by atoms with Gasteiger partial charge in [0.2, 0.25) is 16.2 Å². The summed E-state index contributed by atoms with van der Waals surface area (Å²) in [6, 6.07) is 0. The highest BCUT2D eigenvalue weighted by Crippen LogP contribution is 2.43. The molecule has 2 aromatic heterocycles. The van der Waals surface area contributed by atoms with Crippen LogP contribution >= 0.6 is 22.7 Å². The lowest BCUT2D eigenvalue weighted by atomic mass is 9.82. The van der Waals surface area contributed by atoms with Gasteiger partial charge in [-0.15, -0.1) is 20.4 Å². The largest absolute Gasteiger partial charge is 0.374 e. The van der Waals surface area contributed by atoms with Crippen molar-refractivity contribution < 1.29 is 4.79 Å². The molecule has 3 N–H and O–H groups in total. The Balaban J connectivity index is 1.68. The summed E-state index contributed by atoms with van der Waals surface area (Å²) in [7, 11) is 0. The van der Waals surface area contributed by atoms with Gasteiger partial charge in [-0.3, -0.25) is 4.79 Å². The Morgan fingerprint density at radius 3 is 2.50 bits per heavy atom. The minimum absolute atomic E-state index is 0.0337. The number of carbonyl (C=O) groups is 1. The molecule has 3 rings (SSSR count). The third kappa shape index (κ3) is 3.41. The van der Waals surface area contributed by atoms with Crippen molar-refractivity contribution in [3.63, 3.8) is 0 Å². The van der Waals surface area contributed by atoms with Gasteiger partial charge in [0.25, 0.3) is 0 Å². The number of nitrogen functional groups attached to an aromatic ring is 1. The van der Waals surface area contributed by atoms with E-state index < -0.39 is 0 Å². The van der Waals surface area contributed by atoms with E-state index in [0.29, 0.717) is 28.5 Å². The first kappa shape index (κ1) is 15.3. The summed E-state index contributed by atoms with van der Waals surface area (Å²) in [5, 5.41) is 22.3. The van der Waals surface area contributed by atoms with Crippen molar-refractivity contribution >= 4 is 38.8 Å². The van der Waals surface area contributed by atoms with Gasteiger partial charge < -0.3 is 11.1 Å². The van der Waals surface area contributed by atoms with Crippen LogP contribution in [0.25, 0.3) is 0 Å². The molecular weight excluding hydrogens is 320 g/mol. The third-order valence-electron chi connectivity index (χ3n) is 3.84. The van der Waals surface area contributed by atoms with E-state index in [1.54, 1.807) is 0 Å². The highest BCUT2D eigenvalue weighted by Gasteiger charge is 2.29. The molecule has 118 valence electrons. The summed E-state index contributed by atoms with van der Waals surface area (Å²) in [6.07, 6.45) is 4.78. The van der Waals surface area contributed by atoms with Crippen LogP contribution in [0.3, 0.4) is 0 Å². The lowest BCUT2D eigenvalue weighted by Crippen LogP contribution is -2.12. The molecule has 1 aliphatic rings. The van der Waals surface area contributed by atoms with E-state index in [0.717, 1.165) is 35.7 Å². The monoisotopic (exact) mass is 338 g/mol. The van der Waals surface area contributed by atoms with Crippen molar-refractivity contribution in [3.05, 3.63) is 10.0 Å². The Bertz CT molecular complexity index is 655. The van der Waals surface area contributed by atoms with Crippen molar-refractivity contribution in [1.82, 2.24) is 20.4 Å². The average molecular weight is 338 g/mol. The van der Waals surface area contributed by atoms with E-state index in [1.807, 2.05) is 6.92 Å². The lowest BCUT2D eigenvalue weighted by molar-refractivity contribution is -0.115. The molecule has 1 aliphatic carbocycles. The minimum Gasteiger partial charge on any atom is -0.374 e. The molecule has 0 bridgehead atoms. The molecule has 1 fully saturated rings. The second-order valence-electron chi connectivity index (χ2n) is 5.39. The Morgan fingerprint density at radius 1 is 1.18 bits per heavy atom. The second-order valence-corrected chi connectivity index (χ2v) is 7.44. The molecule has 2 heterocycles. The summed E-state index contributed by atoms with van der Waals surface area (Å²) in [5.74, 6) is 0.730. The first-order valence-corrected chi connectivity index (χ1v) is 9.01. The third-order valence-corrected chi connectivity index (χ3v) is 5.75. The van der Waals surface area contributed by atoms with E-state index in [4.69, 9.17) is 5.73 Å². The molecule has 22 heavy (non-hydrogen) atoms. The van der Waals surface area contributed by atoms with Gasteiger partial charge in [0.1, 0.15) is 10.0 Å². The van der Waals surface area contributed by atoms with Gasteiger partial charge in [-0.25, -0.2) is 0 Å². The number of hydrogen-bond donors (Lipinski definition) is 2. The van der Waals surface area contributed by atoms with Crippen molar-refractivity contribution in [3.8, 4) is 0 Å². The van der Waals surface area contributed by atoms with Crippen molar-refractivity contribution in [1.29, 1.82) is 0 Å². The van der Waals surface area contributed by atoms with Crippen LogP contribution in [0.1, 0.15) is 60.9 Å². The fourth-order valence-electron chi connectivity index (χ4n) is 2.71. The number of rotatable bonds is 4. The van der Waals surface area contributed by atoms with E-state index >= 15 is 0 Å². The van der Waals surface area contributed by atoms with E-state index in [1.165, 1.54) is 22.7 Å².